The summed E-state index contributed by atoms with van der Waals surface area (Å²) in [5.74, 6) is 0. The number of hydrogen-bond acceptors (Lipinski definition) is 4. The summed E-state index contributed by atoms with van der Waals surface area (Å²) in [5.41, 5.74) is -1.73. The fraction of sp³-hybridized carbons (Fsp3) is 0.125. The molecule has 0 spiro atoms. The van der Waals surface area contributed by atoms with Gasteiger partial charge in [0.2, 0.25) is 0 Å². The van der Waals surface area contributed by atoms with E-state index in [1.54, 1.807) is 0 Å². The number of halogens is 5. The van der Waals surface area contributed by atoms with E-state index in [0.29, 0.717) is 22.8 Å². The number of sulfone groups is 1. The van der Waals surface area contributed by atoms with E-state index < -0.39 is 32.2 Å². The Kier molecular flexibility index (Phi) is 5.07. The van der Waals surface area contributed by atoms with Crippen molar-refractivity contribution < 1.29 is 21.6 Å². The van der Waals surface area contributed by atoms with Gasteiger partial charge in [0.1, 0.15) is 9.92 Å². The van der Waals surface area contributed by atoms with Crippen LogP contribution in [0.3, 0.4) is 0 Å². The third kappa shape index (κ3) is 3.67. The van der Waals surface area contributed by atoms with E-state index in [0.717, 1.165) is 4.57 Å². The molecule has 6 nitrogen and oxygen atoms in total. The minimum Gasteiger partial charge on any atom is -0.283 e. The fourth-order valence-electron chi connectivity index (χ4n) is 2.51. The maximum Gasteiger partial charge on any atom is 0.434 e. The zero-order chi connectivity index (χ0) is 20.9. The van der Waals surface area contributed by atoms with Gasteiger partial charge in [-0.2, -0.15) is 18.3 Å². The smallest absolute Gasteiger partial charge is 0.283 e. The predicted octanol–water partition coefficient (Wildman–Crippen LogP) is 3.75. The maximum absolute atomic E-state index is 13.4. The highest BCUT2D eigenvalue weighted by atomic mass is 35.5. The molecular weight excluding hydrogens is 442 g/mol. The first-order valence-electron chi connectivity index (χ1n) is 7.44. The lowest BCUT2D eigenvalue weighted by Gasteiger charge is -2.13. The Balaban J connectivity index is 2.12. The van der Waals surface area contributed by atoms with Gasteiger partial charge in [0.25, 0.3) is 5.56 Å². The molecule has 0 fully saturated rings. The highest BCUT2D eigenvalue weighted by Crippen LogP contribution is 2.35. The normalized spacial score (nSPS) is 12.4. The molecule has 0 saturated carbocycles. The molecule has 1 aromatic carbocycles. The molecule has 0 aliphatic heterocycles. The van der Waals surface area contributed by atoms with Crippen LogP contribution in [0.1, 0.15) is 5.69 Å². The van der Waals surface area contributed by atoms with Gasteiger partial charge in [-0.05, 0) is 30.3 Å². The lowest BCUT2D eigenvalue weighted by molar-refractivity contribution is -0.145. The van der Waals surface area contributed by atoms with Crippen LogP contribution in [-0.4, -0.2) is 29.0 Å². The molecule has 3 rings (SSSR count). The summed E-state index contributed by atoms with van der Waals surface area (Å²) in [6.07, 6.45) is -2.27. The summed E-state index contributed by atoms with van der Waals surface area (Å²) < 4.78 is 65.3. The molecule has 0 aliphatic rings. The van der Waals surface area contributed by atoms with E-state index in [4.69, 9.17) is 23.2 Å². The molecule has 2 aromatic heterocycles. The molecule has 12 heteroatoms. The molecule has 0 atom stereocenters. The Morgan fingerprint density at radius 1 is 1.04 bits per heavy atom. The number of rotatable bonds is 3. The van der Waals surface area contributed by atoms with E-state index >= 15 is 0 Å². The molecule has 2 heterocycles. The predicted molar refractivity (Wildman–Crippen MR) is 97.3 cm³/mol. The Hall–Kier alpha value is -2.30. The molecule has 0 saturated heterocycles. The molecule has 0 N–H and O–H groups in total. The van der Waals surface area contributed by atoms with Crippen LogP contribution >= 0.6 is 23.2 Å². The lowest BCUT2D eigenvalue weighted by Crippen LogP contribution is -2.18. The van der Waals surface area contributed by atoms with Crippen LogP contribution in [0.5, 0.6) is 0 Å². The van der Waals surface area contributed by atoms with E-state index in [9.17, 15) is 26.4 Å². The monoisotopic (exact) mass is 451 g/mol. The van der Waals surface area contributed by atoms with Gasteiger partial charge in [0.05, 0.1) is 16.9 Å². The van der Waals surface area contributed by atoms with Gasteiger partial charge in [0.15, 0.2) is 15.5 Å². The summed E-state index contributed by atoms with van der Waals surface area (Å²) >= 11 is 11.6. The Labute approximate surface area is 166 Å². The minimum absolute atomic E-state index is 0.0425. The fourth-order valence-corrected chi connectivity index (χ4v) is 3.59. The second kappa shape index (κ2) is 6.94. The second-order valence-electron chi connectivity index (χ2n) is 5.71. The first-order valence-corrected chi connectivity index (χ1v) is 10.1. The van der Waals surface area contributed by atoms with Crippen molar-refractivity contribution in [2.45, 2.75) is 11.1 Å². The topological polar surface area (TPSA) is 74.0 Å². The van der Waals surface area contributed by atoms with Gasteiger partial charge >= 0.3 is 6.18 Å². The zero-order valence-corrected chi connectivity index (χ0v) is 16.2. The van der Waals surface area contributed by atoms with Crippen molar-refractivity contribution in [2.75, 3.05) is 6.26 Å². The third-order valence-electron chi connectivity index (χ3n) is 3.76. The van der Waals surface area contributed by atoms with E-state index in [2.05, 4.69) is 5.10 Å². The average molecular weight is 452 g/mol. The van der Waals surface area contributed by atoms with Crippen molar-refractivity contribution in [3.8, 4) is 11.4 Å². The first kappa shape index (κ1) is 20.4. The molecule has 3 aromatic rings. The molecule has 0 bridgehead atoms. The molecular formula is C16H10Cl2F3N3O3S. The van der Waals surface area contributed by atoms with Crippen LogP contribution in [0, 0.1) is 0 Å². The van der Waals surface area contributed by atoms with Crippen molar-refractivity contribution >= 4 is 33.0 Å². The third-order valence-corrected chi connectivity index (χ3v) is 5.64. The number of alkyl halides is 3. The summed E-state index contributed by atoms with van der Waals surface area (Å²) in [5, 5.41) is 3.45. The summed E-state index contributed by atoms with van der Waals surface area (Å²) in [7, 11) is -4.15. The lowest BCUT2D eigenvalue weighted by atomic mass is 10.2. The van der Waals surface area contributed by atoms with Crippen molar-refractivity contribution in [2.24, 2.45) is 0 Å². The number of pyridine rings is 1. The van der Waals surface area contributed by atoms with Crippen LogP contribution in [0.25, 0.3) is 11.4 Å². The molecule has 0 radical (unpaired) electrons. The van der Waals surface area contributed by atoms with Crippen LogP contribution in [-0.2, 0) is 16.0 Å². The van der Waals surface area contributed by atoms with Crippen LogP contribution in [0.4, 0.5) is 13.2 Å². The van der Waals surface area contributed by atoms with Gasteiger partial charge in [-0.3, -0.25) is 9.36 Å². The molecule has 0 unspecified atom stereocenters. The van der Waals surface area contributed by atoms with Crippen LogP contribution < -0.4 is 5.56 Å². The van der Waals surface area contributed by atoms with Crippen molar-refractivity contribution in [3.63, 3.8) is 0 Å². The summed E-state index contributed by atoms with van der Waals surface area (Å²) in [6.45, 7) is 0. The Morgan fingerprint density at radius 2 is 1.61 bits per heavy atom. The van der Waals surface area contributed by atoms with Crippen molar-refractivity contribution in [1.29, 1.82) is 0 Å². The number of hydrogen-bond donors (Lipinski definition) is 0. The first-order chi connectivity index (χ1) is 12.9. The molecule has 0 amide bonds. The zero-order valence-electron chi connectivity index (χ0n) is 13.9. The average Bonchev–Trinajstić information content (AvgIpc) is 3.06. The van der Waals surface area contributed by atoms with Gasteiger partial charge in [-0.1, -0.05) is 23.2 Å². The van der Waals surface area contributed by atoms with Gasteiger partial charge in [-0.25, -0.2) is 13.1 Å². The van der Waals surface area contributed by atoms with Gasteiger partial charge in [-0.15, -0.1) is 0 Å². The SMILES string of the molecule is CS(=O)(=O)c1cnn(-c2ccc(-n3ccc(Cl)c(Cl)c3=O)cc2)c1C(F)(F)F. The van der Waals surface area contributed by atoms with E-state index in [1.165, 1.54) is 36.5 Å². The number of aromatic nitrogens is 3. The van der Waals surface area contributed by atoms with E-state index in [1.807, 2.05) is 0 Å². The Bertz CT molecular complexity index is 1220. The summed E-state index contributed by atoms with van der Waals surface area (Å²) in [6, 6.07) is 6.65. The second-order valence-corrected chi connectivity index (χ2v) is 8.48. The Morgan fingerprint density at radius 3 is 2.14 bits per heavy atom. The molecule has 148 valence electrons. The molecule has 28 heavy (non-hydrogen) atoms. The maximum atomic E-state index is 13.4. The number of nitrogens with zero attached hydrogens (tertiary/aromatic N) is 3. The van der Waals surface area contributed by atoms with Gasteiger partial charge in [0, 0.05) is 18.1 Å². The minimum atomic E-state index is -4.95. The highest BCUT2D eigenvalue weighted by Gasteiger charge is 2.41. The summed E-state index contributed by atoms with van der Waals surface area (Å²) in [4.78, 5) is 11.2. The standard InChI is InChI=1S/C16H10Cl2F3N3O3S/c1-28(26,27)12-8-22-24(14(12)16(19,20)21)10-4-2-9(3-5-10)23-7-6-11(17)13(18)15(23)25/h2-8H,1H3. The highest BCUT2D eigenvalue weighted by molar-refractivity contribution is 7.90. The van der Waals surface area contributed by atoms with Crippen LogP contribution in [0.15, 0.2) is 52.4 Å². The van der Waals surface area contributed by atoms with Gasteiger partial charge < -0.3 is 0 Å². The number of benzene rings is 1. The quantitative estimate of drug-likeness (QED) is 0.607. The van der Waals surface area contributed by atoms with Crippen molar-refractivity contribution in [1.82, 2.24) is 14.3 Å². The largest absolute Gasteiger partial charge is 0.434 e. The van der Waals surface area contributed by atoms with Crippen LogP contribution in [0.2, 0.25) is 10.0 Å². The van der Waals surface area contributed by atoms with E-state index in [-0.39, 0.29) is 15.7 Å². The molecule has 0 aliphatic carbocycles. The van der Waals surface area contributed by atoms with Crippen molar-refractivity contribution in [3.05, 3.63) is 68.8 Å².